The van der Waals surface area contributed by atoms with Crippen LogP contribution in [0.2, 0.25) is 0 Å². The van der Waals surface area contributed by atoms with E-state index < -0.39 is 23.8 Å². The highest BCUT2D eigenvalue weighted by atomic mass is 16.7. The normalized spacial score (nSPS) is 48.5. The summed E-state index contributed by atoms with van der Waals surface area (Å²) in [5, 5.41) is 10.9. The number of fused-ring (bicyclic) bond motifs is 4. The lowest BCUT2D eigenvalue weighted by Crippen LogP contribution is -2.54. The van der Waals surface area contributed by atoms with E-state index in [-0.39, 0.29) is 11.3 Å². The molecule has 0 aromatic rings. The van der Waals surface area contributed by atoms with Crippen molar-refractivity contribution in [2.24, 2.45) is 23.2 Å². The molecule has 4 aliphatic rings. The highest BCUT2D eigenvalue weighted by Crippen LogP contribution is 2.73. The van der Waals surface area contributed by atoms with Crippen molar-refractivity contribution in [2.75, 3.05) is 0 Å². The minimum absolute atomic E-state index is 0.0557. The maximum Gasteiger partial charge on any atom is 0.336 e. The van der Waals surface area contributed by atoms with Gasteiger partial charge in [-0.05, 0) is 30.6 Å². The van der Waals surface area contributed by atoms with Crippen LogP contribution in [0.4, 0.5) is 0 Å². The smallest absolute Gasteiger partial charge is 0.336 e. The number of aliphatic hydroxyl groups is 1. The number of rotatable bonds is 1. The molecule has 5 heteroatoms. The van der Waals surface area contributed by atoms with Gasteiger partial charge < -0.3 is 14.6 Å². The molecule has 0 bridgehead atoms. The quantitative estimate of drug-likeness (QED) is 0.590. The lowest BCUT2D eigenvalue weighted by atomic mass is 9.60. The molecule has 0 saturated heterocycles. The fraction of sp³-hybridized carbons (Fsp3) is 0.647. The van der Waals surface area contributed by atoms with Crippen molar-refractivity contribution in [1.29, 1.82) is 0 Å². The molecule has 3 saturated carbocycles. The van der Waals surface area contributed by atoms with Gasteiger partial charge in [-0.3, -0.25) is 4.79 Å². The van der Waals surface area contributed by atoms with Gasteiger partial charge in [0.2, 0.25) is 5.79 Å². The second-order valence-electron chi connectivity index (χ2n) is 7.43. The lowest BCUT2D eigenvalue weighted by molar-refractivity contribution is -0.214. The summed E-state index contributed by atoms with van der Waals surface area (Å²) < 4.78 is 10.8. The van der Waals surface area contributed by atoms with Gasteiger partial charge in [0.15, 0.2) is 0 Å². The van der Waals surface area contributed by atoms with Crippen molar-refractivity contribution < 1.29 is 24.2 Å². The van der Waals surface area contributed by atoms with Crippen LogP contribution in [0.25, 0.3) is 0 Å². The summed E-state index contributed by atoms with van der Waals surface area (Å²) in [6, 6.07) is 0. The third-order valence-electron chi connectivity index (χ3n) is 6.12. The summed E-state index contributed by atoms with van der Waals surface area (Å²) in [5.41, 5.74) is 1.59. The molecule has 1 heterocycles. The van der Waals surface area contributed by atoms with E-state index in [1.54, 1.807) is 6.92 Å². The molecule has 6 unspecified atom stereocenters. The summed E-state index contributed by atoms with van der Waals surface area (Å²) in [5.74, 6) is -1.80. The number of ether oxygens (including phenoxy) is 2. The van der Waals surface area contributed by atoms with E-state index in [1.165, 1.54) is 6.92 Å². The third kappa shape index (κ3) is 1.47. The second-order valence-corrected chi connectivity index (χ2v) is 7.43. The Morgan fingerprint density at radius 3 is 2.82 bits per heavy atom. The Bertz CT molecular complexity index is 662. The van der Waals surface area contributed by atoms with Crippen LogP contribution >= 0.6 is 0 Å². The Morgan fingerprint density at radius 1 is 1.50 bits per heavy atom. The maximum atomic E-state index is 12.0. The topological polar surface area (TPSA) is 72.8 Å². The minimum Gasteiger partial charge on any atom is -0.457 e. The van der Waals surface area contributed by atoms with Gasteiger partial charge in [0.1, 0.15) is 6.10 Å². The summed E-state index contributed by atoms with van der Waals surface area (Å²) in [7, 11) is 0. The first-order chi connectivity index (χ1) is 10.2. The molecule has 4 rings (SSSR count). The first-order valence-electron chi connectivity index (χ1n) is 7.72. The monoisotopic (exact) mass is 304 g/mol. The molecule has 1 N–H and O–H groups in total. The van der Waals surface area contributed by atoms with Crippen LogP contribution in [0.5, 0.6) is 0 Å². The van der Waals surface area contributed by atoms with Crippen molar-refractivity contribution in [3.8, 4) is 0 Å². The van der Waals surface area contributed by atoms with Crippen molar-refractivity contribution in [1.82, 2.24) is 0 Å². The van der Waals surface area contributed by atoms with Crippen molar-refractivity contribution >= 4 is 11.9 Å². The second kappa shape index (κ2) is 3.82. The zero-order chi connectivity index (χ0) is 16.0. The van der Waals surface area contributed by atoms with Crippen LogP contribution in [0.1, 0.15) is 33.6 Å². The number of carbonyl (C=O) groups is 2. The van der Waals surface area contributed by atoms with E-state index in [0.29, 0.717) is 29.4 Å². The van der Waals surface area contributed by atoms with Gasteiger partial charge >= 0.3 is 11.9 Å². The first kappa shape index (κ1) is 14.0. The first-order valence-corrected chi connectivity index (χ1v) is 7.72. The van der Waals surface area contributed by atoms with Crippen molar-refractivity contribution in [3.05, 3.63) is 23.3 Å². The van der Waals surface area contributed by atoms with E-state index in [4.69, 9.17) is 9.47 Å². The molecule has 0 aromatic heterocycles. The molecule has 118 valence electrons. The van der Waals surface area contributed by atoms with Crippen LogP contribution < -0.4 is 0 Å². The summed E-state index contributed by atoms with van der Waals surface area (Å²) in [6.45, 7) is 9.28. The average Bonchev–Trinajstić information content (AvgIpc) is 3.08. The third-order valence-corrected chi connectivity index (χ3v) is 6.12. The minimum atomic E-state index is -1.65. The molecule has 6 atom stereocenters. The molecule has 0 spiro atoms. The SMILES string of the molecule is C=C1C2CC2C2(C)CC3(O)OC(=O)C(C)=C3C(OC(C)=O)C12. The lowest BCUT2D eigenvalue weighted by Gasteiger charge is -2.49. The van der Waals surface area contributed by atoms with Gasteiger partial charge in [-0.25, -0.2) is 4.79 Å². The molecule has 1 aliphatic heterocycles. The van der Waals surface area contributed by atoms with E-state index in [2.05, 4.69) is 13.5 Å². The Kier molecular flexibility index (Phi) is 2.43. The molecular weight excluding hydrogens is 284 g/mol. The zero-order valence-electron chi connectivity index (χ0n) is 13.0. The van der Waals surface area contributed by atoms with E-state index in [1.807, 2.05) is 0 Å². The fourth-order valence-electron chi connectivity index (χ4n) is 5.24. The van der Waals surface area contributed by atoms with Crippen LogP contribution in [-0.4, -0.2) is 28.9 Å². The Hall–Kier alpha value is -1.62. The fourth-order valence-corrected chi connectivity index (χ4v) is 5.24. The number of hydrogen-bond acceptors (Lipinski definition) is 5. The maximum absolute atomic E-state index is 12.0. The van der Waals surface area contributed by atoms with E-state index in [0.717, 1.165) is 12.0 Å². The molecule has 0 radical (unpaired) electrons. The number of esters is 2. The Labute approximate surface area is 129 Å². The van der Waals surface area contributed by atoms with Gasteiger partial charge in [0, 0.05) is 24.8 Å². The summed E-state index contributed by atoms with van der Waals surface area (Å²) in [4.78, 5) is 23.6. The van der Waals surface area contributed by atoms with E-state index >= 15 is 0 Å². The van der Waals surface area contributed by atoms with Crippen LogP contribution in [0.15, 0.2) is 23.3 Å². The van der Waals surface area contributed by atoms with Gasteiger partial charge in [-0.2, -0.15) is 0 Å². The van der Waals surface area contributed by atoms with E-state index in [9.17, 15) is 14.7 Å². The standard InChI is InChI=1S/C17H20O5/c1-7-10-5-11(10)16(4)6-17(20)13(8(2)15(19)22-17)14(12(7)16)21-9(3)18/h10-12,14,20H,1,5-6H2,2-4H3. The van der Waals surface area contributed by atoms with Gasteiger partial charge in [-0.1, -0.05) is 19.1 Å². The Morgan fingerprint density at radius 2 is 2.18 bits per heavy atom. The predicted octanol–water partition coefficient (Wildman–Crippen LogP) is 1.71. The zero-order valence-corrected chi connectivity index (χ0v) is 13.0. The summed E-state index contributed by atoms with van der Waals surface area (Å²) >= 11 is 0. The number of hydrogen-bond donors (Lipinski definition) is 1. The highest BCUT2D eigenvalue weighted by Gasteiger charge is 2.72. The van der Waals surface area contributed by atoms with Gasteiger partial charge in [0.25, 0.3) is 0 Å². The van der Waals surface area contributed by atoms with Crippen LogP contribution in [-0.2, 0) is 19.1 Å². The molecular formula is C17H20O5. The summed E-state index contributed by atoms with van der Waals surface area (Å²) in [6.07, 6.45) is 0.745. The Balaban J connectivity index is 1.88. The van der Waals surface area contributed by atoms with Crippen LogP contribution in [0.3, 0.4) is 0 Å². The average molecular weight is 304 g/mol. The molecule has 3 aliphatic carbocycles. The molecule has 5 nitrogen and oxygen atoms in total. The molecule has 0 aromatic carbocycles. The molecule has 22 heavy (non-hydrogen) atoms. The molecule has 0 amide bonds. The largest absolute Gasteiger partial charge is 0.457 e. The predicted molar refractivity (Wildman–Crippen MR) is 76.2 cm³/mol. The number of carbonyl (C=O) groups excluding carboxylic acids is 2. The van der Waals surface area contributed by atoms with Crippen LogP contribution in [0, 0.1) is 23.2 Å². The molecule has 3 fully saturated rings. The highest BCUT2D eigenvalue weighted by molar-refractivity contribution is 5.92. The van der Waals surface area contributed by atoms with Gasteiger partial charge in [0.05, 0.1) is 5.57 Å². The van der Waals surface area contributed by atoms with Crippen molar-refractivity contribution in [2.45, 2.75) is 45.5 Å². The van der Waals surface area contributed by atoms with Crippen molar-refractivity contribution in [3.63, 3.8) is 0 Å². The van der Waals surface area contributed by atoms with Gasteiger partial charge in [-0.15, -0.1) is 0 Å².